The molecule has 2 aromatic rings. The number of nitrogens with one attached hydrogen (secondary N) is 1. The quantitative estimate of drug-likeness (QED) is 0.762. The Hall–Kier alpha value is -2.85. The maximum atomic E-state index is 14.9. The van der Waals surface area contributed by atoms with Gasteiger partial charge in [-0.1, -0.05) is 5.16 Å². The number of amides is 1. The second-order valence-corrected chi connectivity index (χ2v) is 7.73. The molecule has 1 amide bonds. The summed E-state index contributed by atoms with van der Waals surface area (Å²) in [6, 6.07) is 7.13. The number of aromatic nitrogens is 1. The van der Waals surface area contributed by atoms with Crippen molar-refractivity contribution < 1.29 is 23.2 Å². The van der Waals surface area contributed by atoms with Crippen LogP contribution in [0.2, 0.25) is 0 Å². The number of anilines is 3. The molecule has 30 heavy (non-hydrogen) atoms. The lowest BCUT2D eigenvalue weighted by Crippen LogP contribution is -2.56. The summed E-state index contributed by atoms with van der Waals surface area (Å²) in [5.41, 5.74) is 1.07. The van der Waals surface area contributed by atoms with Crippen molar-refractivity contribution in [2.45, 2.75) is 12.1 Å². The summed E-state index contributed by atoms with van der Waals surface area (Å²) in [6.07, 6.45) is 0.618. The van der Waals surface area contributed by atoms with Gasteiger partial charge in [0.15, 0.2) is 5.82 Å². The molecule has 0 aliphatic carbocycles. The summed E-state index contributed by atoms with van der Waals surface area (Å²) in [4.78, 5) is 18.2. The van der Waals surface area contributed by atoms with Crippen LogP contribution in [0, 0.1) is 5.82 Å². The molecule has 9 nitrogen and oxygen atoms in total. The fraction of sp³-hybridized carbons (Fsp3) is 0.500. The van der Waals surface area contributed by atoms with Crippen LogP contribution in [0.1, 0.15) is 0 Å². The standard InChI is InChI=1S/C20H24FN5O4/c21-17-9-14(26-11-16(30-20(26)27)10-22-19-3-8-29-23-19)1-2-18(17)25-6-4-24(5-7-25)15-12-28-13-15/h1-3,8-9,15-16H,4-7,10-13H2,(H,22,23)/t16-/m0/s1. The highest BCUT2D eigenvalue weighted by Crippen LogP contribution is 2.29. The van der Waals surface area contributed by atoms with E-state index in [9.17, 15) is 9.18 Å². The van der Waals surface area contributed by atoms with E-state index in [4.69, 9.17) is 14.0 Å². The first-order valence-corrected chi connectivity index (χ1v) is 10.2. The molecule has 1 atom stereocenters. The molecule has 3 fully saturated rings. The van der Waals surface area contributed by atoms with Gasteiger partial charge in [-0.2, -0.15) is 0 Å². The summed E-state index contributed by atoms with van der Waals surface area (Å²) in [7, 11) is 0. The minimum absolute atomic E-state index is 0.329. The first-order chi connectivity index (χ1) is 14.7. The average molecular weight is 417 g/mol. The van der Waals surface area contributed by atoms with Crippen LogP contribution < -0.4 is 15.1 Å². The van der Waals surface area contributed by atoms with E-state index >= 15 is 0 Å². The second-order valence-electron chi connectivity index (χ2n) is 7.73. The number of benzene rings is 1. The van der Waals surface area contributed by atoms with Crippen molar-refractivity contribution >= 4 is 23.3 Å². The highest BCUT2D eigenvalue weighted by Gasteiger charge is 2.33. The van der Waals surface area contributed by atoms with Gasteiger partial charge in [-0.05, 0) is 18.2 Å². The summed E-state index contributed by atoms with van der Waals surface area (Å²) >= 11 is 0. The van der Waals surface area contributed by atoms with Crippen LogP contribution in [0.5, 0.6) is 0 Å². The van der Waals surface area contributed by atoms with E-state index in [0.29, 0.717) is 36.3 Å². The molecule has 10 heteroatoms. The Morgan fingerprint density at radius 1 is 1.17 bits per heavy atom. The minimum Gasteiger partial charge on any atom is -0.442 e. The first kappa shape index (κ1) is 19.1. The van der Waals surface area contributed by atoms with Crippen molar-refractivity contribution in [3.63, 3.8) is 0 Å². The minimum atomic E-state index is -0.481. The van der Waals surface area contributed by atoms with Crippen LogP contribution >= 0.6 is 0 Å². The Morgan fingerprint density at radius 2 is 2.00 bits per heavy atom. The van der Waals surface area contributed by atoms with Gasteiger partial charge in [-0.15, -0.1) is 0 Å². The van der Waals surface area contributed by atoms with E-state index < -0.39 is 6.09 Å². The van der Waals surface area contributed by atoms with E-state index in [-0.39, 0.29) is 11.9 Å². The third-order valence-electron chi connectivity index (χ3n) is 5.86. The van der Waals surface area contributed by atoms with Crippen LogP contribution in [-0.2, 0) is 9.47 Å². The van der Waals surface area contributed by atoms with Crippen molar-refractivity contribution in [1.29, 1.82) is 0 Å². The third kappa shape index (κ3) is 3.80. The first-order valence-electron chi connectivity index (χ1n) is 10.2. The number of carbonyl (C=O) groups excluding carboxylic acids is 1. The van der Waals surface area contributed by atoms with Gasteiger partial charge in [0.2, 0.25) is 0 Å². The molecule has 1 N–H and O–H groups in total. The van der Waals surface area contributed by atoms with Crippen LogP contribution in [0.15, 0.2) is 35.1 Å². The van der Waals surface area contributed by atoms with Gasteiger partial charge in [0, 0.05) is 32.2 Å². The Kier molecular flexibility index (Phi) is 5.17. The molecule has 5 rings (SSSR count). The molecule has 1 aromatic heterocycles. The molecule has 3 aliphatic heterocycles. The fourth-order valence-electron chi connectivity index (χ4n) is 4.04. The monoisotopic (exact) mass is 417 g/mol. The number of carbonyl (C=O) groups is 1. The number of nitrogens with zero attached hydrogens (tertiary/aromatic N) is 4. The lowest BCUT2D eigenvalue weighted by molar-refractivity contribution is -0.0660. The van der Waals surface area contributed by atoms with E-state index in [1.807, 2.05) is 0 Å². The summed E-state index contributed by atoms with van der Waals surface area (Å²) < 4.78 is 30.3. The third-order valence-corrected chi connectivity index (χ3v) is 5.86. The van der Waals surface area contributed by atoms with E-state index in [1.54, 1.807) is 18.2 Å². The van der Waals surface area contributed by atoms with Gasteiger partial charge in [-0.3, -0.25) is 9.80 Å². The smallest absolute Gasteiger partial charge is 0.414 e. The predicted molar refractivity (Wildman–Crippen MR) is 107 cm³/mol. The molecule has 3 saturated heterocycles. The predicted octanol–water partition coefficient (Wildman–Crippen LogP) is 1.77. The fourth-order valence-corrected chi connectivity index (χ4v) is 4.04. The van der Waals surface area contributed by atoms with Crippen molar-refractivity contribution in [3.05, 3.63) is 36.3 Å². The summed E-state index contributed by atoms with van der Waals surface area (Å²) in [5, 5.41) is 6.80. The zero-order valence-electron chi connectivity index (χ0n) is 16.5. The maximum absolute atomic E-state index is 14.9. The van der Waals surface area contributed by atoms with E-state index in [1.165, 1.54) is 17.2 Å². The molecule has 1 aromatic carbocycles. The normalized spacial score (nSPS) is 22.8. The number of hydrogen-bond acceptors (Lipinski definition) is 8. The molecule has 0 radical (unpaired) electrons. The number of cyclic esters (lactones) is 1. The molecule has 0 bridgehead atoms. The zero-order valence-corrected chi connectivity index (χ0v) is 16.5. The highest BCUT2D eigenvalue weighted by molar-refractivity contribution is 5.90. The van der Waals surface area contributed by atoms with Gasteiger partial charge in [-0.25, -0.2) is 9.18 Å². The lowest BCUT2D eigenvalue weighted by Gasteiger charge is -2.43. The number of hydrogen-bond donors (Lipinski definition) is 1. The largest absolute Gasteiger partial charge is 0.442 e. The molecule has 3 aliphatic rings. The summed E-state index contributed by atoms with van der Waals surface area (Å²) in [5.74, 6) is 0.245. The van der Waals surface area contributed by atoms with Crippen LogP contribution in [0.3, 0.4) is 0 Å². The van der Waals surface area contributed by atoms with Crippen molar-refractivity contribution in [2.75, 3.05) is 67.6 Å². The zero-order chi connectivity index (χ0) is 20.5. The van der Waals surface area contributed by atoms with Gasteiger partial charge in [0.05, 0.1) is 43.7 Å². The second kappa shape index (κ2) is 8.11. The Labute approximate surface area is 173 Å². The SMILES string of the molecule is O=C1O[C@@H](CNc2ccon2)CN1c1ccc(N2CCN(C3COC3)CC2)c(F)c1. The van der Waals surface area contributed by atoms with Gasteiger partial charge >= 0.3 is 6.09 Å². The highest BCUT2D eigenvalue weighted by atomic mass is 19.1. The maximum Gasteiger partial charge on any atom is 0.414 e. The number of rotatable bonds is 6. The molecule has 0 saturated carbocycles. The van der Waals surface area contributed by atoms with Gasteiger partial charge in [0.1, 0.15) is 18.2 Å². The van der Waals surface area contributed by atoms with Gasteiger partial charge < -0.3 is 24.2 Å². The summed E-state index contributed by atoms with van der Waals surface area (Å²) in [6.45, 7) is 5.66. The van der Waals surface area contributed by atoms with E-state index in [2.05, 4.69) is 20.3 Å². The van der Waals surface area contributed by atoms with Gasteiger partial charge in [0.25, 0.3) is 0 Å². The van der Waals surface area contributed by atoms with E-state index in [0.717, 1.165) is 39.4 Å². The average Bonchev–Trinajstić information content (AvgIpc) is 3.35. The number of ether oxygens (including phenoxy) is 2. The molecule has 0 unspecified atom stereocenters. The Morgan fingerprint density at radius 3 is 2.67 bits per heavy atom. The molecular weight excluding hydrogens is 393 g/mol. The number of halogens is 1. The molecular formula is C20H24FN5O4. The van der Waals surface area contributed by atoms with Crippen molar-refractivity contribution in [2.24, 2.45) is 0 Å². The number of piperazine rings is 1. The lowest BCUT2D eigenvalue weighted by atomic mass is 10.1. The molecule has 160 valence electrons. The topological polar surface area (TPSA) is 83.3 Å². The van der Waals surface area contributed by atoms with Crippen LogP contribution in [0.25, 0.3) is 0 Å². The van der Waals surface area contributed by atoms with Crippen LogP contribution in [-0.4, -0.2) is 80.8 Å². The van der Waals surface area contributed by atoms with Crippen LogP contribution in [0.4, 0.5) is 26.4 Å². The molecule has 4 heterocycles. The van der Waals surface area contributed by atoms with Crippen molar-refractivity contribution in [3.8, 4) is 0 Å². The Balaban J connectivity index is 1.19. The Bertz CT molecular complexity index is 883. The van der Waals surface area contributed by atoms with Crippen molar-refractivity contribution in [1.82, 2.24) is 10.1 Å². The molecule has 0 spiro atoms.